The monoisotopic (exact) mass is 396 g/mol. The van der Waals surface area contributed by atoms with Crippen LogP contribution < -0.4 is 5.43 Å². The minimum Gasteiger partial charge on any atom is -0.299 e. The zero-order valence-electron chi connectivity index (χ0n) is 16.2. The minimum absolute atomic E-state index is 0.313. The van der Waals surface area contributed by atoms with Gasteiger partial charge in [-0.3, -0.25) is 15.1 Å². The molecule has 1 aliphatic heterocycles. The van der Waals surface area contributed by atoms with Crippen molar-refractivity contribution in [3.05, 3.63) is 83.3 Å². The Hall–Kier alpha value is -3.94. The number of aromatic nitrogens is 6. The predicted molar refractivity (Wildman–Crippen MR) is 113 cm³/mol. The summed E-state index contributed by atoms with van der Waals surface area (Å²) in [6, 6.07) is 17.0. The van der Waals surface area contributed by atoms with Gasteiger partial charge in [0, 0.05) is 17.3 Å². The summed E-state index contributed by atoms with van der Waals surface area (Å²) in [5, 5.41) is 20.8. The van der Waals surface area contributed by atoms with Crippen molar-refractivity contribution in [3.8, 4) is 11.4 Å². The Labute approximate surface area is 173 Å². The zero-order valence-corrected chi connectivity index (χ0v) is 16.2. The Bertz CT molecular complexity index is 1210. The van der Waals surface area contributed by atoms with Gasteiger partial charge in [0.05, 0.1) is 30.2 Å². The van der Waals surface area contributed by atoms with E-state index in [-0.39, 0.29) is 0 Å². The maximum Gasteiger partial charge on any atom is 0.179 e. The van der Waals surface area contributed by atoms with Crippen LogP contribution in [-0.2, 0) is 13.0 Å². The summed E-state index contributed by atoms with van der Waals surface area (Å²) in [5.41, 5.74) is 10.7. The van der Waals surface area contributed by atoms with Gasteiger partial charge in [-0.25, -0.2) is 5.10 Å². The summed E-state index contributed by atoms with van der Waals surface area (Å²) < 4.78 is 2.21. The highest BCUT2D eigenvalue weighted by molar-refractivity contribution is 5.59. The molecule has 1 aliphatic carbocycles. The summed E-state index contributed by atoms with van der Waals surface area (Å²) in [4.78, 5) is 0. The summed E-state index contributed by atoms with van der Waals surface area (Å²) >= 11 is 0. The molecule has 0 amide bonds. The SMILES string of the molecule is C1=CN(Nc2ccc(-c3nnn[nH]3)cc2)Cc2c1cnn2[C@@H]1CCc2ccccc21. The van der Waals surface area contributed by atoms with Crippen LogP contribution in [0.4, 0.5) is 5.69 Å². The Kier molecular flexibility index (Phi) is 3.87. The van der Waals surface area contributed by atoms with Crippen molar-refractivity contribution >= 4 is 11.8 Å². The molecule has 0 unspecified atom stereocenters. The molecule has 4 aromatic rings. The summed E-state index contributed by atoms with van der Waals surface area (Å²) in [7, 11) is 0. The number of aryl methyl sites for hydroxylation is 1. The van der Waals surface area contributed by atoms with Crippen molar-refractivity contribution in [2.75, 3.05) is 5.43 Å². The highest BCUT2D eigenvalue weighted by Gasteiger charge is 2.28. The van der Waals surface area contributed by atoms with Crippen molar-refractivity contribution in [2.24, 2.45) is 0 Å². The summed E-state index contributed by atoms with van der Waals surface area (Å²) in [5.74, 6) is 0.657. The van der Waals surface area contributed by atoms with Crippen molar-refractivity contribution in [1.29, 1.82) is 0 Å². The first-order valence-electron chi connectivity index (χ1n) is 10.0. The lowest BCUT2D eigenvalue weighted by Crippen LogP contribution is -2.28. The van der Waals surface area contributed by atoms with E-state index in [1.165, 1.54) is 22.4 Å². The number of benzene rings is 2. The van der Waals surface area contributed by atoms with Gasteiger partial charge in [0.1, 0.15) is 0 Å². The second-order valence-corrected chi connectivity index (χ2v) is 7.63. The third kappa shape index (κ3) is 2.85. The van der Waals surface area contributed by atoms with Gasteiger partial charge in [0.25, 0.3) is 0 Å². The molecule has 0 radical (unpaired) electrons. The van der Waals surface area contributed by atoms with Gasteiger partial charge in [0.15, 0.2) is 5.82 Å². The number of hydrazine groups is 1. The molecule has 8 heteroatoms. The number of nitrogens with zero attached hydrogens (tertiary/aromatic N) is 6. The first-order valence-corrected chi connectivity index (χ1v) is 10.0. The van der Waals surface area contributed by atoms with E-state index in [9.17, 15) is 0 Å². The number of nitrogens with one attached hydrogen (secondary N) is 2. The molecular formula is C22H20N8. The van der Waals surface area contributed by atoms with E-state index in [1.54, 1.807) is 0 Å². The largest absolute Gasteiger partial charge is 0.299 e. The maximum atomic E-state index is 4.75. The minimum atomic E-state index is 0.313. The molecular weight excluding hydrogens is 376 g/mol. The molecule has 0 bridgehead atoms. The predicted octanol–water partition coefficient (Wildman–Crippen LogP) is 3.41. The molecule has 0 saturated carbocycles. The first kappa shape index (κ1) is 17.0. The lowest BCUT2D eigenvalue weighted by Gasteiger charge is -2.27. The van der Waals surface area contributed by atoms with Crippen LogP contribution in [0.1, 0.15) is 34.8 Å². The maximum absolute atomic E-state index is 4.75. The lowest BCUT2D eigenvalue weighted by molar-refractivity contribution is 0.399. The number of fused-ring (bicyclic) bond motifs is 2. The standard InChI is InChI=1S/C22H20N8/c1-2-4-19-15(3-1)7-10-20(19)30-21-14-29(12-11-17(21)13-23-30)26-18-8-5-16(6-9-18)22-24-27-28-25-22/h1-6,8-9,11-13,20,26H,7,10,14H2,(H,24,25,27,28)/t20-/m1/s1. The van der Waals surface area contributed by atoms with E-state index in [0.717, 1.165) is 30.6 Å². The second kappa shape index (κ2) is 6.84. The van der Waals surface area contributed by atoms with Crippen LogP contribution in [0.3, 0.4) is 0 Å². The van der Waals surface area contributed by atoms with E-state index in [2.05, 4.69) is 72.3 Å². The number of tetrazole rings is 1. The molecule has 2 N–H and O–H groups in total. The van der Waals surface area contributed by atoms with Crippen molar-refractivity contribution in [1.82, 2.24) is 35.4 Å². The summed E-state index contributed by atoms with van der Waals surface area (Å²) in [6.07, 6.45) is 8.36. The molecule has 3 heterocycles. The topological polar surface area (TPSA) is 87.5 Å². The molecule has 2 aromatic carbocycles. The average Bonchev–Trinajstić information content (AvgIpc) is 3.53. The molecule has 30 heavy (non-hydrogen) atoms. The molecule has 2 aromatic heterocycles. The van der Waals surface area contributed by atoms with Gasteiger partial charge in [-0.05, 0) is 64.7 Å². The molecule has 8 nitrogen and oxygen atoms in total. The third-order valence-corrected chi connectivity index (χ3v) is 5.86. The van der Waals surface area contributed by atoms with Gasteiger partial charge in [-0.1, -0.05) is 24.3 Å². The van der Waals surface area contributed by atoms with Gasteiger partial charge in [-0.15, -0.1) is 5.10 Å². The fourth-order valence-electron chi connectivity index (χ4n) is 4.37. The van der Waals surface area contributed by atoms with Crippen LogP contribution in [0.5, 0.6) is 0 Å². The molecule has 2 aliphatic rings. The lowest BCUT2D eigenvalue weighted by atomic mass is 10.1. The molecule has 6 rings (SSSR count). The number of hydrogen-bond acceptors (Lipinski definition) is 6. The summed E-state index contributed by atoms with van der Waals surface area (Å²) in [6.45, 7) is 0.748. The van der Waals surface area contributed by atoms with Gasteiger partial charge < -0.3 is 0 Å². The molecule has 1 atom stereocenters. The second-order valence-electron chi connectivity index (χ2n) is 7.63. The van der Waals surface area contributed by atoms with Crippen molar-refractivity contribution in [2.45, 2.75) is 25.4 Å². The Balaban J connectivity index is 1.22. The fraction of sp³-hybridized carbons (Fsp3) is 0.182. The van der Waals surface area contributed by atoms with Crippen molar-refractivity contribution < 1.29 is 0 Å². The Morgan fingerprint density at radius 3 is 2.83 bits per heavy atom. The number of aromatic amines is 1. The normalized spacial score (nSPS) is 17.1. The highest BCUT2D eigenvalue weighted by Crippen LogP contribution is 2.36. The van der Waals surface area contributed by atoms with Crippen LogP contribution in [0.2, 0.25) is 0 Å². The van der Waals surface area contributed by atoms with Crippen molar-refractivity contribution in [3.63, 3.8) is 0 Å². The van der Waals surface area contributed by atoms with E-state index < -0.39 is 0 Å². The number of hydrogen-bond donors (Lipinski definition) is 2. The van der Waals surface area contributed by atoms with Crippen LogP contribution in [-0.4, -0.2) is 35.4 Å². The number of rotatable bonds is 4. The molecule has 0 saturated heterocycles. The third-order valence-electron chi connectivity index (χ3n) is 5.86. The number of H-pyrrole nitrogens is 1. The van der Waals surface area contributed by atoms with E-state index in [1.807, 2.05) is 30.5 Å². The number of anilines is 1. The van der Waals surface area contributed by atoms with Crippen LogP contribution >= 0.6 is 0 Å². The van der Waals surface area contributed by atoms with Gasteiger partial charge >= 0.3 is 0 Å². The Morgan fingerprint density at radius 2 is 1.97 bits per heavy atom. The van der Waals surface area contributed by atoms with E-state index in [0.29, 0.717) is 11.9 Å². The molecule has 0 spiro atoms. The van der Waals surface area contributed by atoms with Crippen LogP contribution in [0.25, 0.3) is 17.5 Å². The molecule has 0 fully saturated rings. The highest BCUT2D eigenvalue weighted by atomic mass is 15.5. The quantitative estimate of drug-likeness (QED) is 0.550. The Morgan fingerprint density at radius 1 is 1.07 bits per heavy atom. The molecule has 148 valence electrons. The van der Waals surface area contributed by atoms with Gasteiger partial charge in [-0.2, -0.15) is 5.10 Å². The van der Waals surface area contributed by atoms with Crippen LogP contribution in [0, 0.1) is 0 Å². The van der Waals surface area contributed by atoms with Crippen LogP contribution in [0.15, 0.2) is 60.9 Å². The average molecular weight is 396 g/mol. The smallest absolute Gasteiger partial charge is 0.179 e. The van der Waals surface area contributed by atoms with E-state index >= 15 is 0 Å². The first-order chi connectivity index (χ1) is 14.8. The zero-order chi connectivity index (χ0) is 19.9. The van der Waals surface area contributed by atoms with Gasteiger partial charge in [0.2, 0.25) is 0 Å². The fourth-order valence-corrected chi connectivity index (χ4v) is 4.37. The van der Waals surface area contributed by atoms with E-state index in [4.69, 9.17) is 5.10 Å².